The molecule has 6 heteroatoms. The molecule has 0 saturated carbocycles. The van der Waals surface area contributed by atoms with Gasteiger partial charge in [0.1, 0.15) is 0 Å². The Morgan fingerprint density at radius 3 is 0.765 bits per heavy atom. The van der Waals surface area contributed by atoms with E-state index in [0.717, 1.165) is 23.1 Å². The monoisotopic (exact) mass is 614 g/mol. The summed E-state index contributed by atoms with van der Waals surface area (Å²) in [4.78, 5) is 0. The van der Waals surface area contributed by atoms with Gasteiger partial charge in [-0.05, 0) is 0 Å². The number of benzene rings is 4. The van der Waals surface area contributed by atoms with E-state index in [-0.39, 0.29) is 40.7 Å². The normalized spacial score (nSPS) is 10.1. The van der Waals surface area contributed by atoms with Gasteiger partial charge in [-0.15, -0.1) is 24.8 Å². The van der Waals surface area contributed by atoms with Crippen molar-refractivity contribution in [1.82, 2.24) is 0 Å². The summed E-state index contributed by atoms with van der Waals surface area (Å²) in [5, 5.41) is 7.47. The van der Waals surface area contributed by atoms with Gasteiger partial charge in [0.25, 0.3) is 0 Å². The van der Waals surface area contributed by atoms with Crippen LogP contribution < -0.4 is 21.2 Å². The number of rotatable bonds is 8. The zero-order valence-corrected chi connectivity index (χ0v) is 24.1. The van der Waals surface area contributed by atoms with Crippen LogP contribution in [0, 0.1) is 0 Å². The fourth-order valence-corrected chi connectivity index (χ4v) is 8.75. The molecule has 0 nitrogen and oxygen atoms in total. The molecule has 0 amide bonds. The van der Waals surface area contributed by atoms with Gasteiger partial charge in [-0.1, -0.05) is 0 Å². The molecule has 0 bridgehead atoms. The summed E-state index contributed by atoms with van der Waals surface area (Å²) in [7, 11) is -0.489. The van der Waals surface area contributed by atoms with E-state index in [1.54, 1.807) is 0 Å². The second kappa shape index (κ2) is 18.6. The van der Waals surface area contributed by atoms with Crippen molar-refractivity contribution in [3.05, 3.63) is 121 Å². The molecule has 0 radical (unpaired) electrons. The van der Waals surface area contributed by atoms with Gasteiger partial charge in [-0.3, -0.25) is 0 Å². The van der Waals surface area contributed by atoms with Crippen molar-refractivity contribution in [2.24, 2.45) is 0 Å². The summed E-state index contributed by atoms with van der Waals surface area (Å²) in [6, 6.07) is 42.9. The molecule has 0 aliphatic carbocycles. The molecule has 0 aliphatic rings. The van der Waals surface area contributed by atoms with Gasteiger partial charge in [0.15, 0.2) is 0 Å². The number of halogens is 2. The molecule has 4 aromatic rings. The Labute approximate surface area is 235 Å². The molecular formula is C28H30Cl2Ni2P2. The predicted octanol–water partition coefficient (Wildman–Crippen LogP) is 7.01. The zero-order chi connectivity index (χ0) is 22.4. The topological polar surface area (TPSA) is 0 Å². The molecular weight excluding hydrogens is 587 g/mol. The third-order valence-corrected chi connectivity index (χ3v) is 11.0. The van der Waals surface area contributed by atoms with Crippen LogP contribution in [0.3, 0.4) is 0 Å². The summed E-state index contributed by atoms with van der Waals surface area (Å²) in [5.41, 5.74) is 0. The SMILES string of the molecule is Cl.Cl.[Ni][CH2]CP(c1ccccc1)c1ccccc1.[Ni][CH2]CP(c1ccccc1)c1ccccc1. The van der Waals surface area contributed by atoms with Gasteiger partial charge < -0.3 is 0 Å². The van der Waals surface area contributed by atoms with Crippen molar-refractivity contribution in [2.75, 3.05) is 12.3 Å². The second-order valence-corrected chi connectivity index (χ2v) is 12.6. The predicted molar refractivity (Wildman–Crippen MR) is 152 cm³/mol. The van der Waals surface area contributed by atoms with Crippen molar-refractivity contribution >= 4 is 61.9 Å². The van der Waals surface area contributed by atoms with Gasteiger partial charge in [0, 0.05) is 0 Å². The molecule has 0 spiro atoms. The van der Waals surface area contributed by atoms with E-state index < -0.39 is 0 Å². The minimum atomic E-state index is -0.245. The minimum absolute atomic E-state index is 0. The molecule has 0 heterocycles. The van der Waals surface area contributed by atoms with Crippen LogP contribution in [-0.4, -0.2) is 12.3 Å². The van der Waals surface area contributed by atoms with Gasteiger partial charge >= 0.3 is 212 Å². The molecule has 0 aromatic heterocycles. The third kappa shape index (κ3) is 10.1. The Morgan fingerprint density at radius 1 is 0.382 bits per heavy atom. The third-order valence-electron chi connectivity index (χ3n) is 4.86. The van der Waals surface area contributed by atoms with Crippen molar-refractivity contribution in [2.45, 2.75) is 10.8 Å². The quantitative estimate of drug-likeness (QED) is 0.148. The molecule has 0 N–H and O–H groups in total. The summed E-state index contributed by atoms with van der Waals surface area (Å²) in [6.45, 7) is 0. The summed E-state index contributed by atoms with van der Waals surface area (Å²) in [6.07, 6.45) is 2.23. The van der Waals surface area contributed by atoms with Crippen LogP contribution in [0.5, 0.6) is 0 Å². The van der Waals surface area contributed by atoms with E-state index in [0.29, 0.717) is 0 Å². The Bertz CT molecular complexity index is 844. The zero-order valence-electron chi connectivity index (χ0n) is 18.7. The van der Waals surface area contributed by atoms with E-state index in [2.05, 4.69) is 121 Å². The van der Waals surface area contributed by atoms with Gasteiger partial charge in [-0.2, -0.15) is 0 Å². The average molecular weight is 617 g/mol. The Morgan fingerprint density at radius 2 is 0.588 bits per heavy atom. The Kier molecular flexibility index (Phi) is 17.1. The van der Waals surface area contributed by atoms with Crippen LogP contribution in [0.15, 0.2) is 121 Å². The van der Waals surface area contributed by atoms with E-state index in [9.17, 15) is 0 Å². The Balaban J connectivity index is 0.000000321. The van der Waals surface area contributed by atoms with Crippen molar-refractivity contribution < 1.29 is 30.9 Å². The molecule has 0 atom stereocenters. The standard InChI is InChI=1S/2C14H14P.2ClH.2Ni/c2*1-2-15(13-9-5-3-6-10-13)14-11-7-4-8-12-14;;;;/h2*3-12H,1-2H2;2*1H;;. The van der Waals surface area contributed by atoms with Gasteiger partial charge in [0.05, 0.1) is 0 Å². The summed E-state index contributed by atoms with van der Waals surface area (Å²) >= 11 is 9.71. The first-order valence-electron chi connectivity index (χ1n) is 10.6. The van der Waals surface area contributed by atoms with E-state index in [4.69, 9.17) is 30.9 Å². The maximum atomic E-state index is 4.86. The average Bonchev–Trinajstić information content (AvgIpc) is 2.88. The van der Waals surface area contributed by atoms with Crippen LogP contribution in [0.4, 0.5) is 0 Å². The van der Waals surface area contributed by atoms with E-state index in [1.165, 1.54) is 21.2 Å². The van der Waals surface area contributed by atoms with Crippen molar-refractivity contribution in [3.8, 4) is 0 Å². The first-order valence-corrected chi connectivity index (χ1v) is 15.1. The molecule has 0 fully saturated rings. The molecule has 34 heavy (non-hydrogen) atoms. The molecule has 0 saturated heterocycles. The van der Waals surface area contributed by atoms with Crippen LogP contribution in [0.1, 0.15) is 0 Å². The molecule has 186 valence electrons. The molecule has 4 aromatic carbocycles. The maximum absolute atomic E-state index is 4.86. The van der Waals surface area contributed by atoms with Crippen LogP contribution in [0.25, 0.3) is 0 Å². The summed E-state index contributed by atoms with van der Waals surface area (Å²) < 4.78 is 0. The van der Waals surface area contributed by atoms with Crippen molar-refractivity contribution in [3.63, 3.8) is 0 Å². The van der Waals surface area contributed by atoms with Crippen LogP contribution in [0.2, 0.25) is 10.8 Å². The van der Waals surface area contributed by atoms with Gasteiger partial charge in [0.2, 0.25) is 0 Å². The molecule has 4 rings (SSSR count). The first-order chi connectivity index (χ1) is 15.8. The number of hydrogen-bond donors (Lipinski definition) is 0. The fraction of sp³-hybridized carbons (Fsp3) is 0.143. The summed E-state index contributed by atoms with van der Waals surface area (Å²) in [5.74, 6) is 0. The van der Waals surface area contributed by atoms with Gasteiger partial charge in [-0.25, -0.2) is 0 Å². The Hall–Kier alpha value is -0.693. The van der Waals surface area contributed by atoms with E-state index in [1.807, 2.05) is 0 Å². The first kappa shape index (κ1) is 31.3. The van der Waals surface area contributed by atoms with Crippen LogP contribution >= 0.6 is 40.7 Å². The van der Waals surface area contributed by atoms with Crippen molar-refractivity contribution in [1.29, 1.82) is 0 Å². The number of hydrogen-bond acceptors (Lipinski definition) is 0. The fourth-order valence-electron chi connectivity index (χ4n) is 3.39. The second-order valence-electron chi connectivity index (χ2n) is 6.96. The van der Waals surface area contributed by atoms with E-state index >= 15 is 0 Å². The van der Waals surface area contributed by atoms with Crippen LogP contribution in [-0.2, 0) is 30.9 Å². The molecule has 0 unspecified atom stereocenters. The molecule has 0 aliphatic heterocycles.